The number of fused-ring (bicyclic) bond motifs is 1. The fourth-order valence-corrected chi connectivity index (χ4v) is 3.70. The van der Waals surface area contributed by atoms with Crippen LogP contribution >= 0.6 is 11.8 Å². The van der Waals surface area contributed by atoms with Crippen LogP contribution in [0.15, 0.2) is 53.4 Å². The van der Waals surface area contributed by atoms with E-state index in [1.165, 1.54) is 12.1 Å². The molecule has 0 unspecified atom stereocenters. The molecule has 2 nitrogen and oxygen atoms in total. The van der Waals surface area contributed by atoms with Gasteiger partial charge in [0.1, 0.15) is 0 Å². The highest BCUT2D eigenvalue weighted by Gasteiger charge is 2.31. The summed E-state index contributed by atoms with van der Waals surface area (Å²) >= 11 is 1.72. The number of hydrogen-bond acceptors (Lipinski definition) is 2. The molecule has 1 aliphatic heterocycles. The van der Waals surface area contributed by atoms with Crippen LogP contribution in [0.2, 0.25) is 0 Å². The zero-order valence-corrected chi connectivity index (χ0v) is 12.9. The Kier molecular flexibility index (Phi) is 4.35. The van der Waals surface area contributed by atoms with Gasteiger partial charge in [-0.25, -0.2) is 0 Å². The summed E-state index contributed by atoms with van der Waals surface area (Å²) in [6.45, 7) is 0. The molecule has 23 heavy (non-hydrogen) atoms. The molecule has 1 atom stereocenters. The second-order valence-corrected chi connectivity index (χ2v) is 6.42. The molecule has 0 saturated heterocycles. The third kappa shape index (κ3) is 3.52. The van der Waals surface area contributed by atoms with E-state index in [0.717, 1.165) is 34.8 Å². The Balaban J connectivity index is 1.81. The average molecular weight is 337 g/mol. The Bertz CT molecular complexity index is 730. The van der Waals surface area contributed by atoms with Crippen LogP contribution in [0.4, 0.5) is 13.2 Å². The number of halogens is 3. The minimum Gasteiger partial charge on any atom is -0.345 e. The van der Waals surface area contributed by atoms with E-state index in [9.17, 15) is 18.0 Å². The quantitative estimate of drug-likeness (QED) is 0.863. The van der Waals surface area contributed by atoms with Crippen molar-refractivity contribution in [3.63, 3.8) is 0 Å². The van der Waals surface area contributed by atoms with Crippen molar-refractivity contribution in [3.05, 3.63) is 65.2 Å². The molecular formula is C17H14F3NOS. The molecule has 3 rings (SSSR count). The first-order valence-electron chi connectivity index (χ1n) is 7.15. The Morgan fingerprint density at radius 1 is 1.13 bits per heavy atom. The van der Waals surface area contributed by atoms with Crippen LogP contribution < -0.4 is 5.32 Å². The summed E-state index contributed by atoms with van der Waals surface area (Å²) in [4.78, 5) is 13.4. The predicted molar refractivity (Wildman–Crippen MR) is 83.4 cm³/mol. The maximum absolute atomic E-state index is 12.8. The largest absolute Gasteiger partial charge is 0.416 e. The van der Waals surface area contributed by atoms with Crippen LogP contribution in [0, 0.1) is 0 Å². The molecule has 120 valence electrons. The molecule has 1 N–H and O–H groups in total. The number of amides is 1. The van der Waals surface area contributed by atoms with Crippen molar-refractivity contribution in [1.82, 2.24) is 5.32 Å². The van der Waals surface area contributed by atoms with Crippen molar-refractivity contribution in [2.24, 2.45) is 0 Å². The lowest BCUT2D eigenvalue weighted by Gasteiger charge is -2.26. The van der Waals surface area contributed by atoms with Gasteiger partial charge < -0.3 is 5.32 Å². The zero-order valence-electron chi connectivity index (χ0n) is 12.1. The van der Waals surface area contributed by atoms with E-state index in [1.807, 2.05) is 24.3 Å². The van der Waals surface area contributed by atoms with E-state index in [2.05, 4.69) is 5.32 Å². The second-order valence-electron chi connectivity index (χ2n) is 5.28. The predicted octanol–water partition coefficient (Wildman–Crippen LogP) is 4.67. The number of hydrogen-bond donors (Lipinski definition) is 1. The van der Waals surface area contributed by atoms with Crippen molar-refractivity contribution in [2.75, 3.05) is 5.75 Å². The maximum atomic E-state index is 12.8. The van der Waals surface area contributed by atoms with E-state index in [4.69, 9.17) is 0 Å². The van der Waals surface area contributed by atoms with Crippen LogP contribution in [0.25, 0.3) is 0 Å². The number of rotatable bonds is 2. The highest BCUT2D eigenvalue weighted by molar-refractivity contribution is 7.99. The smallest absolute Gasteiger partial charge is 0.345 e. The number of benzene rings is 2. The monoisotopic (exact) mass is 337 g/mol. The van der Waals surface area contributed by atoms with Gasteiger partial charge in [0.2, 0.25) is 0 Å². The Morgan fingerprint density at radius 3 is 2.70 bits per heavy atom. The second kappa shape index (κ2) is 6.28. The molecular weight excluding hydrogens is 323 g/mol. The molecule has 2 aromatic rings. The molecule has 0 aromatic heterocycles. The summed E-state index contributed by atoms with van der Waals surface area (Å²) in [5, 5.41) is 2.85. The molecule has 1 heterocycles. The maximum Gasteiger partial charge on any atom is 0.416 e. The summed E-state index contributed by atoms with van der Waals surface area (Å²) in [6.07, 6.45) is -3.70. The third-order valence-electron chi connectivity index (χ3n) is 3.72. The molecule has 0 aliphatic carbocycles. The van der Waals surface area contributed by atoms with Gasteiger partial charge in [0.05, 0.1) is 11.6 Å². The third-order valence-corrected chi connectivity index (χ3v) is 4.84. The van der Waals surface area contributed by atoms with Gasteiger partial charge in [-0.3, -0.25) is 4.79 Å². The first-order chi connectivity index (χ1) is 10.9. The molecule has 0 bridgehead atoms. The normalized spacial score (nSPS) is 17.4. The first-order valence-corrected chi connectivity index (χ1v) is 8.13. The number of nitrogens with one attached hydrogen (secondary N) is 1. The van der Waals surface area contributed by atoms with Crippen LogP contribution in [-0.4, -0.2) is 11.7 Å². The summed E-state index contributed by atoms with van der Waals surface area (Å²) in [7, 11) is 0. The summed E-state index contributed by atoms with van der Waals surface area (Å²) < 4.78 is 38.3. The lowest BCUT2D eigenvalue weighted by molar-refractivity contribution is -0.137. The fraction of sp³-hybridized carbons (Fsp3) is 0.235. The highest BCUT2D eigenvalue weighted by atomic mass is 32.2. The number of carbonyl (C=O) groups excluding carboxylic acids is 1. The van der Waals surface area contributed by atoms with Gasteiger partial charge in [-0.2, -0.15) is 13.2 Å². The van der Waals surface area contributed by atoms with Crippen LogP contribution in [0.1, 0.15) is 33.9 Å². The van der Waals surface area contributed by atoms with Crippen LogP contribution in [0.3, 0.4) is 0 Å². The minimum absolute atomic E-state index is 0.0236. The van der Waals surface area contributed by atoms with Gasteiger partial charge in [-0.15, -0.1) is 11.8 Å². The van der Waals surface area contributed by atoms with Crippen molar-refractivity contribution >= 4 is 17.7 Å². The van der Waals surface area contributed by atoms with Crippen molar-refractivity contribution in [3.8, 4) is 0 Å². The van der Waals surface area contributed by atoms with Crippen molar-refractivity contribution < 1.29 is 18.0 Å². The van der Waals surface area contributed by atoms with Gasteiger partial charge in [0.15, 0.2) is 0 Å². The van der Waals surface area contributed by atoms with Crippen molar-refractivity contribution in [2.45, 2.75) is 23.5 Å². The van der Waals surface area contributed by atoms with E-state index >= 15 is 0 Å². The lowest BCUT2D eigenvalue weighted by Crippen LogP contribution is -2.30. The number of thioether (sulfide) groups is 1. The first kappa shape index (κ1) is 15.9. The lowest BCUT2D eigenvalue weighted by atomic mass is 10.0. The average Bonchev–Trinajstić information content (AvgIpc) is 2.54. The van der Waals surface area contributed by atoms with E-state index < -0.39 is 17.6 Å². The SMILES string of the molecule is O=C(N[C@@H]1CCSc2ccccc21)c1cccc(C(F)(F)F)c1. The molecule has 0 saturated carbocycles. The number of carbonyl (C=O) groups is 1. The molecule has 0 spiro atoms. The number of alkyl halides is 3. The van der Waals surface area contributed by atoms with Gasteiger partial charge in [0, 0.05) is 16.2 Å². The highest BCUT2D eigenvalue weighted by Crippen LogP contribution is 2.36. The standard InChI is InChI=1S/C17H14F3NOS/c18-17(19,20)12-5-3-4-11(10-12)16(22)21-14-8-9-23-15-7-2-1-6-13(14)15/h1-7,10,14H,8-9H2,(H,21,22)/t14-/m1/s1. The fourth-order valence-electron chi connectivity index (χ4n) is 2.57. The Labute approximate surface area is 136 Å². The zero-order chi connectivity index (χ0) is 16.4. The van der Waals surface area contributed by atoms with Crippen LogP contribution in [-0.2, 0) is 6.18 Å². The van der Waals surface area contributed by atoms with Crippen LogP contribution in [0.5, 0.6) is 0 Å². The summed E-state index contributed by atoms with van der Waals surface area (Å²) in [5.41, 5.74) is 0.226. The van der Waals surface area contributed by atoms with Gasteiger partial charge in [-0.1, -0.05) is 24.3 Å². The van der Waals surface area contributed by atoms with E-state index in [0.29, 0.717) is 0 Å². The van der Waals surface area contributed by atoms with Gasteiger partial charge in [-0.05, 0) is 36.2 Å². The molecule has 0 radical (unpaired) electrons. The van der Waals surface area contributed by atoms with E-state index in [-0.39, 0.29) is 11.6 Å². The topological polar surface area (TPSA) is 29.1 Å². The molecule has 2 aromatic carbocycles. The van der Waals surface area contributed by atoms with Crippen molar-refractivity contribution in [1.29, 1.82) is 0 Å². The summed E-state index contributed by atoms with van der Waals surface area (Å²) in [5.74, 6) is 0.382. The minimum atomic E-state index is -4.45. The Hall–Kier alpha value is -1.95. The molecule has 0 fully saturated rings. The molecule has 1 amide bonds. The van der Waals surface area contributed by atoms with E-state index in [1.54, 1.807) is 11.8 Å². The molecule has 1 aliphatic rings. The molecule has 6 heteroatoms. The van der Waals surface area contributed by atoms with Gasteiger partial charge >= 0.3 is 6.18 Å². The Morgan fingerprint density at radius 2 is 1.91 bits per heavy atom. The summed E-state index contributed by atoms with van der Waals surface area (Å²) in [6, 6.07) is 12.1. The van der Waals surface area contributed by atoms with Gasteiger partial charge in [0.25, 0.3) is 5.91 Å².